The first kappa shape index (κ1) is 14.5. The van der Waals surface area contributed by atoms with Gasteiger partial charge in [-0.2, -0.15) is 0 Å². The minimum Gasteiger partial charge on any atom is -0.392 e. The highest BCUT2D eigenvalue weighted by Gasteiger charge is 2.47. The zero-order chi connectivity index (χ0) is 14.4. The maximum atomic E-state index is 9.79. The van der Waals surface area contributed by atoms with Gasteiger partial charge in [0.25, 0.3) is 0 Å². The van der Waals surface area contributed by atoms with Gasteiger partial charge in [0.15, 0.2) is 0 Å². The molecular weight excluding hydrogens is 262 g/mol. The van der Waals surface area contributed by atoms with Gasteiger partial charge in [-0.1, -0.05) is 39.3 Å². The first-order valence-corrected chi connectivity index (χ1v) is 7.10. The van der Waals surface area contributed by atoms with Crippen LogP contribution < -0.4 is 5.32 Å². The van der Waals surface area contributed by atoms with E-state index in [0.717, 1.165) is 23.6 Å². The smallest absolute Gasteiger partial charge is 0.137 e. The van der Waals surface area contributed by atoms with E-state index < -0.39 is 0 Å². The van der Waals surface area contributed by atoms with Crippen LogP contribution in [0, 0.1) is 12.3 Å². The second-order valence-electron chi connectivity index (χ2n) is 6.27. The van der Waals surface area contributed by atoms with E-state index in [-0.39, 0.29) is 23.5 Å². The van der Waals surface area contributed by atoms with Gasteiger partial charge in [-0.15, -0.1) is 0 Å². The maximum absolute atomic E-state index is 9.79. The summed E-state index contributed by atoms with van der Waals surface area (Å²) in [5, 5.41) is 13.7. The number of aromatic nitrogens is 2. The molecule has 2 atom stereocenters. The van der Waals surface area contributed by atoms with E-state index in [1.807, 2.05) is 20.8 Å². The van der Waals surface area contributed by atoms with Crippen LogP contribution in [0.15, 0.2) is 0 Å². The van der Waals surface area contributed by atoms with Gasteiger partial charge < -0.3 is 10.4 Å². The Labute approximate surface area is 119 Å². The third-order valence-electron chi connectivity index (χ3n) is 4.15. The predicted molar refractivity (Wildman–Crippen MR) is 77.7 cm³/mol. The first-order valence-electron chi connectivity index (χ1n) is 6.72. The molecule has 0 radical (unpaired) electrons. The average Bonchev–Trinajstić information content (AvgIpc) is 2.33. The lowest BCUT2D eigenvalue weighted by Crippen LogP contribution is -2.57. The summed E-state index contributed by atoms with van der Waals surface area (Å²) in [6, 6.07) is 0.215. The monoisotopic (exact) mass is 283 g/mol. The average molecular weight is 284 g/mol. The van der Waals surface area contributed by atoms with Gasteiger partial charge in [-0.05, 0) is 13.3 Å². The van der Waals surface area contributed by atoms with Crippen molar-refractivity contribution in [1.82, 2.24) is 9.97 Å². The minimum atomic E-state index is -0.257. The van der Waals surface area contributed by atoms with Crippen LogP contribution in [0.3, 0.4) is 0 Å². The Morgan fingerprint density at radius 3 is 2.47 bits per heavy atom. The summed E-state index contributed by atoms with van der Waals surface area (Å²) in [6.07, 6.45) is 0.484. The van der Waals surface area contributed by atoms with Crippen LogP contribution in [0.4, 0.5) is 5.82 Å². The van der Waals surface area contributed by atoms with E-state index in [0.29, 0.717) is 5.15 Å². The Balaban J connectivity index is 2.25. The lowest BCUT2D eigenvalue weighted by Gasteiger charge is -2.49. The molecule has 19 heavy (non-hydrogen) atoms. The van der Waals surface area contributed by atoms with Crippen molar-refractivity contribution >= 4 is 17.4 Å². The fourth-order valence-corrected chi connectivity index (χ4v) is 2.39. The molecule has 1 aliphatic rings. The molecule has 4 nitrogen and oxygen atoms in total. The second kappa shape index (κ2) is 4.91. The lowest BCUT2D eigenvalue weighted by atomic mass is 9.64. The van der Waals surface area contributed by atoms with Crippen LogP contribution in [-0.4, -0.2) is 27.2 Å². The summed E-state index contributed by atoms with van der Waals surface area (Å²) in [4.78, 5) is 8.86. The third kappa shape index (κ3) is 2.56. The van der Waals surface area contributed by atoms with Crippen molar-refractivity contribution in [1.29, 1.82) is 0 Å². The summed E-state index contributed by atoms with van der Waals surface area (Å²) < 4.78 is 0. The van der Waals surface area contributed by atoms with E-state index >= 15 is 0 Å². The van der Waals surface area contributed by atoms with Gasteiger partial charge in [0.1, 0.15) is 16.8 Å². The largest absolute Gasteiger partial charge is 0.392 e. The minimum absolute atomic E-state index is 0.137. The Morgan fingerprint density at radius 2 is 2.00 bits per heavy atom. The Morgan fingerprint density at radius 1 is 1.37 bits per heavy atom. The quantitative estimate of drug-likeness (QED) is 0.837. The number of hydrogen-bond donors (Lipinski definition) is 2. The molecule has 1 aliphatic carbocycles. The molecule has 2 rings (SSSR count). The summed E-state index contributed by atoms with van der Waals surface area (Å²) in [5.74, 6) is 1.77. The maximum Gasteiger partial charge on any atom is 0.137 e. The molecule has 5 heteroatoms. The molecule has 0 aliphatic heterocycles. The van der Waals surface area contributed by atoms with E-state index in [9.17, 15) is 5.11 Å². The molecule has 0 spiro atoms. The Bertz CT molecular complexity index is 488. The summed E-state index contributed by atoms with van der Waals surface area (Å²) >= 11 is 6.17. The van der Waals surface area contributed by atoms with E-state index in [2.05, 4.69) is 29.1 Å². The molecule has 1 saturated carbocycles. The molecule has 0 amide bonds. The summed E-state index contributed by atoms with van der Waals surface area (Å²) in [6.45, 7) is 10.1. The number of aliphatic hydroxyl groups excluding tert-OH is 1. The molecule has 1 heterocycles. The van der Waals surface area contributed by atoms with Gasteiger partial charge in [0.2, 0.25) is 0 Å². The molecule has 2 unspecified atom stereocenters. The standard InChI is InChI=1S/C14H22ClN3O/c1-7(2)12-17-11(15)8(3)13(18-12)16-9-6-10(19)14(9,4)5/h7,9-10,19H,6H2,1-5H3,(H,16,17,18). The van der Waals surface area contributed by atoms with Crippen LogP contribution in [0.1, 0.15) is 51.4 Å². The highest BCUT2D eigenvalue weighted by atomic mass is 35.5. The zero-order valence-corrected chi connectivity index (χ0v) is 12.9. The molecule has 0 saturated heterocycles. The van der Waals surface area contributed by atoms with Gasteiger partial charge in [-0.25, -0.2) is 9.97 Å². The van der Waals surface area contributed by atoms with Gasteiger partial charge in [-0.3, -0.25) is 0 Å². The van der Waals surface area contributed by atoms with Crippen LogP contribution in [-0.2, 0) is 0 Å². The number of rotatable bonds is 3. The van der Waals surface area contributed by atoms with Crippen LogP contribution in [0.2, 0.25) is 5.15 Å². The summed E-state index contributed by atoms with van der Waals surface area (Å²) in [7, 11) is 0. The van der Waals surface area contributed by atoms with Gasteiger partial charge in [0, 0.05) is 22.9 Å². The van der Waals surface area contributed by atoms with Crippen molar-refractivity contribution in [2.45, 2.75) is 59.1 Å². The molecule has 1 aromatic rings. The number of halogens is 1. The van der Waals surface area contributed by atoms with Gasteiger partial charge >= 0.3 is 0 Å². The molecule has 106 valence electrons. The first-order chi connectivity index (χ1) is 8.73. The van der Waals surface area contributed by atoms with Crippen LogP contribution >= 0.6 is 11.6 Å². The highest BCUT2D eigenvalue weighted by Crippen LogP contribution is 2.42. The van der Waals surface area contributed by atoms with Crippen LogP contribution in [0.25, 0.3) is 0 Å². The number of hydrogen-bond acceptors (Lipinski definition) is 4. The number of nitrogens with zero attached hydrogens (tertiary/aromatic N) is 2. The van der Waals surface area contributed by atoms with E-state index in [4.69, 9.17) is 11.6 Å². The number of anilines is 1. The second-order valence-corrected chi connectivity index (χ2v) is 6.63. The van der Waals surface area contributed by atoms with Crippen molar-refractivity contribution in [3.8, 4) is 0 Å². The van der Waals surface area contributed by atoms with E-state index in [1.165, 1.54) is 0 Å². The molecule has 2 N–H and O–H groups in total. The number of aliphatic hydroxyl groups is 1. The van der Waals surface area contributed by atoms with Crippen molar-refractivity contribution < 1.29 is 5.11 Å². The highest BCUT2D eigenvalue weighted by molar-refractivity contribution is 6.30. The molecule has 0 bridgehead atoms. The SMILES string of the molecule is Cc1c(Cl)nc(C(C)C)nc1NC1CC(O)C1(C)C. The predicted octanol–water partition coefficient (Wildman–Crippen LogP) is 3.13. The molecule has 0 aromatic carbocycles. The lowest BCUT2D eigenvalue weighted by molar-refractivity contribution is -0.0511. The topological polar surface area (TPSA) is 58.0 Å². The van der Waals surface area contributed by atoms with Gasteiger partial charge in [0.05, 0.1) is 6.10 Å². The molecular formula is C14H22ClN3O. The molecule has 1 fully saturated rings. The normalized spacial score (nSPS) is 25.3. The number of nitrogens with one attached hydrogen (secondary N) is 1. The van der Waals surface area contributed by atoms with Crippen LogP contribution in [0.5, 0.6) is 0 Å². The van der Waals surface area contributed by atoms with E-state index in [1.54, 1.807) is 0 Å². The van der Waals surface area contributed by atoms with Crippen molar-refractivity contribution in [2.24, 2.45) is 5.41 Å². The van der Waals surface area contributed by atoms with Crippen molar-refractivity contribution in [3.05, 3.63) is 16.5 Å². The van der Waals surface area contributed by atoms with Crippen molar-refractivity contribution in [2.75, 3.05) is 5.32 Å². The summed E-state index contributed by atoms with van der Waals surface area (Å²) in [5.41, 5.74) is 0.727. The molecule has 1 aromatic heterocycles. The Hall–Kier alpha value is -0.870. The zero-order valence-electron chi connectivity index (χ0n) is 12.2. The Kier molecular flexibility index (Phi) is 3.76. The fraction of sp³-hybridized carbons (Fsp3) is 0.714. The third-order valence-corrected chi connectivity index (χ3v) is 4.51. The fourth-order valence-electron chi connectivity index (χ4n) is 2.22. The van der Waals surface area contributed by atoms with Crippen molar-refractivity contribution in [3.63, 3.8) is 0 Å².